The summed E-state index contributed by atoms with van der Waals surface area (Å²) in [6, 6.07) is 7.32. The molecule has 0 aliphatic carbocycles. The lowest BCUT2D eigenvalue weighted by Crippen LogP contribution is -1.99. The Morgan fingerprint density at radius 1 is 1.16 bits per heavy atom. The van der Waals surface area contributed by atoms with Crippen molar-refractivity contribution in [2.24, 2.45) is 0 Å². The van der Waals surface area contributed by atoms with Gasteiger partial charge >= 0.3 is 0 Å². The summed E-state index contributed by atoms with van der Waals surface area (Å²) in [7, 11) is 1.56. The average Bonchev–Trinajstić information content (AvgIpc) is 2.42. The molecule has 0 aliphatic heterocycles. The topological polar surface area (TPSA) is 44.2 Å². The fourth-order valence-electron chi connectivity index (χ4n) is 1.44. The average molecular weight is 299 g/mol. The third-order valence-corrected chi connectivity index (χ3v) is 3.20. The van der Waals surface area contributed by atoms with Gasteiger partial charge in [-0.2, -0.15) is 0 Å². The first-order chi connectivity index (χ1) is 9.11. The number of hydrogen-bond acceptors (Lipinski definition) is 4. The molecule has 0 aliphatic rings. The molecule has 0 N–H and O–H groups in total. The fraction of sp³-hybridized carbons (Fsp3) is 0.231. The highest BCUT2D eigenvalue weighted by Gasteiger charge is 2.10. The van der Waals surface area contributed by atoms with Crippen molar-refractivity contribution in [2.75, 3.05) is 13.9 Å². The molecule has 19 heavy (non-hydrogen) atoms. The van der Waals surface area contributed by atoms with E-state index in [4.69, 9.17) is 32.7 Å². The summed E-state index contributed by atoms with van der Waals surface area (Å²) in [5.74, 6) is 1.12. The van der Waals surface area contributed by atoms with Gasteiger partial charge in [0.25, 0.3) is 0 Å². The molecule has 6 heteroatoms. The summed E-state index contributed by atoms with van der Waals surface area (Å²) in [6.45, 7) is 1.95. The highest BCUT2D eigenvalue weighted by Crippen LogP contribution is 2.26. The molecule has 0 unspecified atom stereocenters. The molecule has 0 amide bonds. The molecular formula is C13H12Cl2N2O2. The number of benzene rings is 1. The maximum absolute atomic E-state index is 6.01. The molecule has 1 heterocycles. The SMILES string of the molecule is COCOc1cccc(-c2nc(Cl)c(C)c(Cl)n2)c1. The summed E-state index contributed by atoms with van der Waals surface area (Å²) < 4.78 is 10.2. The van der Waals surface area contributed by atoms with Gasteiger partial charge in [-0.3, -0.25) is 0 Å². The van der Waals surface area contributed by atoms with Gasteiger partial charge in [-0.25, -0.2) is 9.97 Å². The molecule has 1 aromatic carbocycles. The van der Waals surface area contributed by atoms with Crippen molar-refractivity contribution in [1.82, 2.24) is 9.97 Å². The summed E-state index contributed by atoms with van der Waals surface area (Å²) in [6.07, 6.45) is 0. The lowest BCUT2D eigenvalue weighted by Gasteiger charge is -2.07. The summed E-state index contributed by atoms with van der Waals surface area (Å²) in [5, 5.41) is 0.691. The van der Waals surface area contributed by atoms with E-state index in [1.807, 2.05) is 18.2 Å². The number of hydrogen-bond donors (Lipinski definition) is 0. The van der Waals surface area contributed by atoms with Crippen molar-refractivity contribution < 1.29 is 9.47 Å². The zero-order chi connectivity index (χ0) is 13.8. The van der Waals surface area contributed by atoms with Gasteiger partial charge in [0.15, 0.2) is 12.6 Å². The standard InChI is InChI=1S/C13H12Cl2N2O2/c1-8-11(14)16-13(17-12(8)15)9-4-3-5-10(6-9)19-7-18-2/h3-6H,7H2,1-2H3. The van der Waals surface area contributed by atoms with Gasteiger partial charge in [-0.05, 0) is 19.1 Å². The van der Waals surface area contributed by atoms with Crippen LogP contribution in [0.3, 0.4) is 0 Å². The molecule has 2 rings (SSSR count). The van der Waals surface area contributed by atoms with Gasteiger partial charge in [0.1, 0.15) is 16.1 Å². The Bertz CT molecular complexity index is 568. The molecule has 100 valence electrons. The third-order valence-electron chi connectivity index (χ3n) is 2.46. The Balaban J connectivity index is 2.36. The maximum atomic E-state index is 6.01. The van der Waals surface area contributed by atoms with Crippen molar-refractivity contribution in [2.45, 2.75) is 6.92 Å². The van der Waals surface area contributed by atoms with Crippen molar-refractivity contribution in [1.29, 1.82) is 0 Å². The van der Waals surface area contributed by atoms with Gasteiger partial charge in [-0.1, -0.05) is 35.3 Å². The monoisotopic (exact) mass is 298 g/mol. The van der Waals surface area contributed by atoms with E-state index < -0.39 is 0 Å². The molecule has 0 saturated carbocycles. The van der Waals surface area contributed by atoms with Crippen LogP contribution in [0.1, 0.15) is 5.56 Å². The Morgan fingerprint density at radius 3 is 2.47 bits per heavy atom. The van der Waals surface area contributed by atoms with Crippen molar-refractivity contribution in [3.8, 4) is 17.1 Å². The van der Waals surface area contributed by atoms with Crippen LogP contribution in [0.2, 0.25) is 10.3 Å². The van der Waals surface area contributed by atoms with Crippen molar-refractivity contribution in [3.05, 3.63) is 40.1 Å². The van der Waals surface area contributed by atoms with Crippen LogP contribution in [0.5, 0.6) is 5.75 Å². The molecule has 2 aromatic rings. The zero-order valence-corrected chi connectivity index (χ0v) is 12.0. The van der Waals surface area contributed by atoms with E-state index in [2.05, 4.69) is 9.97 Å². The second-order valence-corrected chi connectivity index (χ2v) is 4.55. The second kappa shape index (κ2) is 6.19. The van der Waals surface area contributed by atoms with E-state index in [0.29, 0.717) is 27.4 Å². The highest BCUT2D eigenvalue weighted by molar-refractivity contribution is 6.34. The van der Waals surface area contributed by atoms with Gasteiger partial charge < -0.3 is 9.47 Å². The normalized spacial score (nSPS) is 10.5. The van der Waals surface area contributed by atoms with Crippen molar-refractivity contribution >= 4 is 23.2 Å². The van der Waals surface area contributed by atoms with Crippen LogP contribution in [0, 0.1) is 6.92 Å². The third kappa shape index (κ3) is 3.35. The lowest BCUT2D eigenvalue weighted by molar-refractivity contribution is 0.0511. The molecule has 0 saturated heterocycles. The van der Waals surface area contributed by atoms with Gasteiger partial charge in [0.2, 0.25) is 0 Å². The molecule has 0 atom stereocenters. The van der Waals surface area contributed by atoms with Crippen LogP contribution in [-0.4, -0.2) is 23.9 Å². The van der Waals surface area contributed by atoms with Gasteiger partial charge in [0.05, 0.1) is 0 Å². The Kier molecular flexibility index (Phi) is 4.58. The summed E-state index contributed by atoms with van der Waals surface area (Å²) in [5.41, 5.74) is 1.44. The van der Waals surface area contributed by atoms with Crippen LogP contribution in [-0.2, 0) is 4.74 Å². The number of rotatable bonds is 4. The molecular weight excluding hydrogens is 287 g/mol. The van der Waals surface area contributed by atoms with Crippen LogP contribution in [0.4, 0.5) is 0 Å². The molecule has 0 fully saturated rings. The molecule has 0 spiro atoms. The predicted octanol–water partition coefficient (Wildman–Crippen LogP) is 3.74. The van der Waals surface area contributed by atoms with Crippen LogP contribution >= 0.6 is 23.2 Å². The smallest absolute Gasteiger partial charge is 0.188 e. The fourth-order valence-corrected chi connectivity index (χ4v) is 1.83. The van der Waals surface area contributed by atoms with E-state index >= 15 is 0 Å². The minimum absolute atomic E-state index is 0.180. The van der Waals surface area contributed by atoms with E-state index in [1.54, 1.807) is 20.1 Å². The Hall–Kier alpha value is -1.36. The first-order valence-corrected chi connectivity index (χ1v) is 6.29. The maximum Gasteiger partial charge on any atom is 0.188 e. The van der Waals surface area contributed by atoms with E-state index in [1.165, 1.54) is 0 Å². The summed E-state index contributed by atoms with van der Waals surface area (Å²) in [4.78, 5) is 8.42. The first-order valence-electron chi connectivity index (χ1n) is 5.53. The van der Waals surface area contributed by atoms with E-state index in [0.717, 1.165) is 5.56 Å². The number of nitrogens with zero attached hydrogens (tertiary/aromatic N) is 2. The predicted molar refractivity (Wildman–Crippen MR) is 74.7 cm³/mol. The van der Waals surface area contributed by atoms with Crippen LogP contribution in [0.25, 0.3) is 11.4 Å². The van der Waals surface area contributed by atoms with E-state index in [-0.39, 0.29) is 6.79 Å². The van der Waals surface area contributed by atoms with Gasteiger partial charge in [0, 0.05) is 18.2 Å². The highest BCUT2D eigenvalue weighted by atomic mass is 35.5. The number of halogens is 2. The Morgan fingerprint density at radius 2 is 1.84 bits per heavy atom. The minimum atomic E-state index is 0.180. The summed E-state index contributed by atoms with van der Waals surface area (Å²) >= 11 is 12.0. The quantitative estimate of drug-likeness (QED) is 0.637. The second-order valence-electron chi connectivity index (χ2n) is 3.83. The largest absolute Gasteiger partial charge is 0.468 e. The molecule has 1 aromatic heterocycles. The zero-order valence-electron chi connectivity index (χ0n) is 10.5. The molecule has 0 radical (unpaired) electrons. The van der Waals surface area contributed by atoms with Gasteiger partial charge in [-0.15, -0.1) is 0 Å². The van der Waals surface area contributed by atoms with Crippen molar-refractivity contribution in [3.63, 3.8) is 0 Å². The number of ether oxygens (including phenoxy) is 2. The van der Waals surface area contributed by atoms with Crippen LogP contribution in [0.15, 0.2) is 24.3 Å². The Labute approximate surface area is 121 Å². The number of aromatic nitrogens is 2. The number of methoxy groups -OCH3 is 1. The lowest BCUT2D eigenvalue weighted by atomic mass is 10.2. The molecule has 0 bridgehead atoms. The first kappa shape index (κ1) is 14.1. The minimum Gasteiger partial charge on any atom is -0.468 e. The molecule has 4 nitrogen and oxygen atoms in total. The van der Waals surface area contributed by atoms with E-state index in [9.17, 15) is 0 Å². The van der Waals surface area contributed by atoms with Crippen LogP contribution < -0.4 is 4.74 Å².